The minimum atomic E-state index is -4.95. The van der Waals surface area contributed by atoms with Crippen LogP contribution in [0.3, 0.4) is 0 Å². The zero-order chi connectivity index (χ0) is 65.7. The molecule has 0 aliphatic rings. The molecule has 0 aromatic heterocycles. The largest absolute Gasteiger partial charge is 0.472 e. The number of hydrogen-bond acceptors (Lipinski definition) is 15. The Labute approximate surface area is 543 Å². The van der Waals surface area contributed by atoms with Crippen molar-refractivity contribution in [3.05, 3.63) is 0 Å². The molecule has 19 heteroatoms. The summed E-state index contributed by atoms with van der Waals surface area (Å²) in [5, 5.41) is 10.6. The fourth-order valence-electron chi connectivity index (χ4n) is 10.6. The van der Waals surface area contributed by atoms with Crippen LogP contribution in [0.5, 0.6) is 0 Å². The molecular formula is C70H136O17P2. The number of ether oxygens (including phenoxy) is 4. The summed E-state index contributed by atoms with van der Waals surface area (Å²) in [7, 11) is -9.90. The van der Waals surface area contributed by atoms with E-state index >= 15 is 0 Å². The van der Waals surface area contributed by atoms with Crippen LogP contribution in [-0.2, 0) is 65.4 Å². The lowest BCUT2D eigenvalue weighted by molar-refractivity contribution is -0.161. The molecule has 3 unspecified atom stereocenters. The van der Waals surface area contributed by atoms with Crippen molar-refractivity contribution in [1.29, 1.82) is 0 Å². The second-order valence-electron chi connectivity index (χ2n) is 26.0. The Balaban J connectivity index is 5.23. The number of hydrogen-bond donors (Lipinski definition) is 3. The number of carbonyl (C=O) groups excluding carboxylic acids is 4. The first-order chi connectivity index (χ1) is 42.9. The van der Waals surface area contributed by atoms with Gasteiger partial charge in [-0.3, -0.25) is 37.3 Å². The molecule has 0 radical (unpaired) electrons. The molecule has 6 atom stereocenters. The number of esters is 4. The summed E-state index contributed by atoms with van der Waals surface area (Å²) in [5.74, 6) is -0.663. The first kappa shape index (κ1) is 87.1. The molecule has 17 nitrogen and oxygen atoms in total. The van der Waals surface area contributed by atoms with Crippen molar-refractivity contribution < 1.29 is 80.2 Å². The molecule has 0 amide bonds. The van der Waals surface area contributed by atoms with Gasteiger partial charge in [0, 0.05) is 25.7 Å². The maximum atomic E-state index is 13.0. The van der Waals surface area contributed by atoms with E-state index in [-0.39, 0.29) is 25.7 Å². The summed E-state index contributed by atoms with van der Waals surface area (Å²) in [5.41, 5.74) is 0. The molecule has 0 aliphatic heterocycles. The van der Waals surface area contributed by atoms with E-state index in [1.807, 2.05) is 0 Å². The molecule has 0 aromatic carbocycles. The predicted molar refractivity (Wildman–Crippen MR) is 358 cm³/mol. The fraction of sp³-hybridized carbons (Fsp3) is 0.943. The Morgan fingerprint density at radius 3 is 0.854 bits per heavy atom. The molecule has 0 saturated carbocycles. The Morgan fingerprint density at radius 1 is 0.326 bits per heavy atom. The van der Waals surface area contributed by atoms with Gasteiger partial charge in [0.1, 0.15) is 19.3 Å². The van der Waals surface area contributed by atoms with Gasteiger partial charge in [0.2, 0.25) is 0 Å². The Kier molecular flexibility index (Phi) is 60.8. The summed E-state index contributed by atoms with van der Waals surface area (Å²) in [6, 6.07) is 0. The third-order valence-electron chi connectivity index (χ3n) is 16.6. The predicted octanol–water partition coefficient (Wildman–Crippen LogP) is 20.0. The molecule has 0 heterocycles. The van der Waals surface area contributed by atoms with E-state index in [9.17, 15) is 43.2 Å². The second kappa shape index (κ2) is 62.2. The molecule has 0 spiro atoms. The zero-order valence-corrected chi connectivity index (χ0v) is 59.5. The lowest BCUT2D eigenvalue weighted by atomic mass is 10.00. The van der Waals surface area contributed by atoms with Crippen molar-refractivity contribution in [3.8, 4) is 0 Å². The number of carbonyl (C=O) groups is 4. The number of rotatable bonds is 69. The third-order valence-corrected chi connectivity index (χ3v) is 18.5. The van der Waals surface area contributed by atoms with Crippen LogP contribution in [0.1, 0.15) is 356 Å². The van der Waals surface area contributed by atoms with Crippen LogP contribution in [0.15, 0.2) is 0 Å². The summed E-state index contributed by atoms with van der Waals surface area (Å²) in [6.45, 7) is 9.47. The smallest absolute Gasteiger partial charge is 0.462 e. The average molecular weight is 1310 g/mol. The number of aliphatic hydroxyl groups is 1. The summed E-state index contributed by atoms with van der Waals surface area (Å²) < 4.78 is 68.2. The van der Waals surface area contributed by atoms with E-state index in [0.29, 0.717) is 25.7 Å². The van der Waals surface area contributed by atoms with Crippen molar-refractivity contribution in [2.24, 2.45) is 11.8 Å². The standard InChI is InChI=1S/C70H136O17P2/c1-7-10-12-14-16-18-20-21-22-23-24-25-26-30-35-42-48-54-69(74)86-65(58-80-68(73)53-47-41-34-31-27-28-32-38-44-50-62(4)5)60-84-88(76,77)82-56-64(71)57-83-89(78,79)85-61-66(87-70(75)55-49-43-37-36-39-45-51-63(6)9-3)59-81-67(72)52-46-40-33-29-19-17-15-13-11-8-2/h62-66,71H,7-61H2,1-6H3,(H,76,77)(H,78,79)/t63?,64-,65-,66-/m1/s1. The number of phosphoric ester groups is 2. The fourth-order valence-corrected chi connectivity index (χ4v) is 12.1. The van der Waals surface area contributed by atoms with Crippen LogP contribution in [0.2, 0.25) is 0 Å². The van der Waals surface area contributed by atoms with Crippen molar-refractivity contribution in [3.63, 3.8) is 0 Å². The highest BCUT2D eigenvalue weighted by Crippen LogP contribution is 2.45. The average Bonchev–Trinajstić information content (AvgIpc) is 3.72. The van der Waals surface area contributed by atoms with Gasteiger partial charge >= 0.3 is 39.5 Å². The van der Waals surface area contributed by atoms with Gasteiger partial charge in [0.25, 0.3) is 0 Å². The summed E-state index contributed by atoms with van der Waals surface area (Å²) >= 11 is 0. The van der Waals surface area contributed by atoms with Crippen molar-refractivity contribution in [2.75, 3.05) is 39.6 Å². The molecule has 0 saturated heterocycles. The van der Waals surface area contributed by atoms with Crippen LogP contribution in [0.4, 0.5) is 0 Å². The molecule has 0 aliphatic carbocycles. The van der Waals surface area contributed by atoms with E-state index in [4.69, 9.17) is 37.0 Å². The lowest BCUT2D eigenvalue weighted by Gasteiger charge is -2.21. The van der Waals surface area contributed by atoms with Gasteiger partial charge in [-0.05, 0) is 37.5 Å². The quantitative estimate of drug-likeness (QED) is 0.0222. The maximum absolute atomic E-state index is 13.0. The first-order valence-electron chi connectivity index (χ1n) is 36.5. The van der Waals surface area contributed by atoms with Gasteiger partial charge in [-0.25, -0.2) is 9.13 Å². The highest BCUT2D eigenvalue weighted by Gasteiger charge is 2.30. The van der Waals surface area contributed by atoms with Gasteiger partial charge in [0.15, 0.2) is 12.2 Å². The molecule has 528 valence electrons. The topological polar surface area (TPSA) is 237 Å². The molecule has 3 N–H and O–H groups in total. The maximum Gasteiger partial charge on any atom is 0.472 e. The normalized spacial score (nSPS) is 14.4. The third kappa shape index (κ3) is 63.2. The van der Waals surface area contributed by atoms with Crippen LogP contribution in [-0.4, -0.2) is 96.7 Å². The highest BCUT2D eigenvalue weighted by molar-refractivity contribution is 7.47. The minimum absolute atomic E-state index is 0.103. The minimum Gasteiger partial charge on any atom is -0.462 e. The SMILES string of the molecule is CCCCCCCCCCCCCCCCCCCC(=O)O[C@H](COC(=O)CCCCCCCCCCCC(C)C)COP(=O)(O)OC[C@@H](O)COP(=O)(O)OC[C@@H](COC(=O)CCCCCCCCCCCC)OC(=O)CCCCCCCCC(C)CC. The van der Waals surface area contributed by atoms with Gasteiger partial charge in [-0.15, -0.1) is 0 Å². The van der Waals surface area contributed by atoms with E-state index in [1.165, 1.54) is 173 Å². The van der Waals surface area contributed by atoms with Crippen LogP contribution >= 0.6 is 15.6 Å². The Bertz CT molecular complexity index is 1740. The molecule has 0 aromatic rings. The van der Waals surface area contributed by atoms with Gasteiger partial charge in [0.05, 0.1) is 26.4 Å². The number of aliphatic hydroxyl groups excluding tert-OH is 1. The molecule has 0 rings (SSSR count). The second-order valence-corrected chi connectivity index (χ2v) is 28.9. The van der Waals surface area contributed by atoms with E-state index < -0.39 is 97.5 Å². The van der Waals surface area contributed by atoms with E-state index in [2.05, 4.69) is 41.5 Å². The molecular weight excluding hydrogens is 1170 g/mol. The van der Waals surface area contributed by atoms with Gasteiger partial charge < -0.3 is 33.8 Å². The summed E-state index contributed by atoms with van der Waals surface area (Å²) in [4.78, 5) is 72.5. The summed E-state index contributed by atoms with van der Waals surface area (Å²) in [6.07, 6.45) is 47.2. The Hall–Kier alpha value is -1.94. The van der Waals surface area contributed by atoms with Crippen molar-refractivity contribution >= 4 is 39.5 Å². The van der Waals surface area contributed by atoms with Crippen molar-refractivity contribution in [2.45, 2.75) is 374 Å². The van der Waals surface area contributed by atoms with Crippen LogP contribution in [0, 0.1) is 11.8 Å². The zero-order valence-electron chi connectivity index (χ0n) is 57.7. The molecule has 0 bridgehead atoms. The van der Waals surface area contributed by atoms with Crippen molar-refractivity contribution in [1.82, 2.24) is 0 Å². The Morgan fingerprint density at radius 2 is 0.573 bits per heavy atom. The highest BCUT2D eigenvalue weighted by atomic mass is 31.2. The molecule has 0 fully saturated rings. The van der Waals surface area contributed by atoms with E-state index in [1.54, 1.807) is 0 Å². The van der Waals surface area contributed by atoms with Gasteiger partial charge in [-0.1, -0.05) is 305 Å². The van der Waals surface area contributed by atoms with Gasteiger partial charge in [-0.2, -0.15) is 0 Å². The monoisotopic (exact) mass is 1310 g/mol. The number of phosphoric acid groups is 2. The molecule has 89 heavy (non-hydrogen) atoms. The van der Waals surface area contributed by atoms with Crippen LogP contribution in [0.25, 0.3) is 0 Å². The first-order valence-corrected chi connectivity index (χ1v) is 39.5. The lowest BCUT2D eigenvalue weighted by Crippen LogP contribution is -2.30. The number of unbranched alkanes of at least 4 members (excludes halogenated alkanes) is 38. The van der Waals surface area contributed by atoms with Crippen LogP contribution < -0.4 is 0 Å². The van der Waals surface area contributed by atoms with E-state index in [0.717, 1.165) is 102 Å².